The van der Waals surface area contributed by atoms with Gasteiger partial charge in [-0.15, -0.1) is 0 Å². The van der Waals surface area contributed by atoms with E-state index in [1.807, 2.05) is 13.8 Å². The van der Waals surface area contributed by atoms with Crippen LogP contribution in [0.1, 0.15) is 13.8 Å². The SMILES string of the molecule is CCOc1ccc(NS(=O)(=O)c2cccc(Cl)c2Cl)cc1OCC. The van der Waals surface area contributed by atoms with Crippen molar-refractivity contribution in [2.75, 3.05) is 17.9 Å². The Morgan fingerprint density at radius 2 is 1.67 bits per heavy atom. The molecule has 0 aromatic heterocycles. The molecule has 0 aliphatic carbocycles. The lowest BCUT2D eigenvalue weighted by Gasteiger charge is -2.14. The van der Waals surface area contributed by atoms with Crippen molar-refractivity contribution in [3.05, 3.63) is 46.4 Å². The largest absolute Gasteiger partial charge is 0.490 e. The van der Waals surface area contributed by atoms with Crippen LogP contribution in [0.3, 0.4) is 0 Å². The van der Waals surface area contributed by atoms with Crippen LogP contribution in [0.4, 0.5) is 5.69 Å². The maximum atomic E-state index is 12.5. The number of sulfonamides is 1. The van der Waals surface area contributed by atoms with Crippen molar-refractivity contribution >= 4 is 38.9 Å². The molecule has 0 radical (unpaired) electrons. The Morgan fingerprint density at radius 3 is 2.33 bits per heavy atom. The molecule has 0 amide bonds. The minimum atomic E-state index is -3.89. The molecule has 0 saturated carbocycles. The fraction of sp³-hybridized carbons (Fsp3) is 0.250. The molecule has 0 unspecified atom stereocenters. The van der Waals surface area contributed by atoms with Crippen molar-refractivity contribution in [1.29, 1.82) is 0 Å². The van der Waals surface area contributed by atoms with Crippen molar-refractivity contribution < 1.29 is 17.9 Å². The Morgan fingerprint density at radius 1 is 1.00 bits per heavy atom. The summed E-state index contributed by atoms with van der Waals surface area (Å²) in [4.78, 5) is -0.0940. The fourth-order valence-corrected chi connectivity index (χ4v) is 3.83. The standard InChI is InChI=1S/C16H17Cl2NO4S/c1-3-22-13-9-8-11(10-14(13)23-4-2)19-24(20,21)15-7-5-6-12(17)16(15)18/h5-10,19H,3-4H2,1-2H3. The molecule has 0 aliphatic heterocycles. The van der Waals surface area contributed by atoms with Gasteiger partial charge in [-0.05, 0) is 38.1 Å². The highest BCUT2D eigenvalue weighted by Crippen LogP contribution is 2.33. The quantitative estimate of drug-likeness (QED) is 0.751. The van der Waals surface area contributed by atoms with Gasteiger partial charge in [0.2, 0.25) is 0 Å². The van der Waals surface area contributed by atoms with Gasteiger partial charge in [0.15, 0.2) is 11.5 Å². The van der Waals surface area contributed by atoms with Crippen molar-refractivity contribution in [3.63, 3.8) is 0 Å². The Balaban J connectivity index is 2.35. The van der Waals surface area contributed by atoms with E-state index in [1.54, 1.807) is 18.2 Å². The van der Waals surface area contributed by atoms with E-state index in [-0.39, 0.29) is 14.9 Å². The van der Waals surface area contributed by atoms with Crippen LogP contribution in [0.5, 0.6) is 11.5 Å². The summed E-state index contributed by atoms with van der Waals surface area (Å²) in [6, 6.07) is 9.22. The van der Waals surface area contributed by atoms with E-state index in [9.17, 15) is 8.42 Å². The van der Waals surface area contributed by atoms with Gasteiger partial charge >= 0.3 is 0 Å². The summed E-state index contributed by atoms with van der Waals surface area (Å²) in [6.45, 7) is 4.59. The zero-order chi connectivity index (χ0) is 17.7. The number of hydrogen-bond acceptors (Lipinski definition) is 4. The van der Waals surface area contributed by atoms with E-state index in [0.29, 0.717) is 30.4 Å². The number of nitrogens with one attached hydrogen (secondary N) is 1. The molecule has 130 valence electrons. The van der Waals surface area contributed by atoms with Crippen molar-refractivity contribution in [1.82, 2.24) is 0 Å². The summed E-state index contributed by atoms with van der Waals surface area (Å²) in [7, 11) is -3.89. The molecule has 0 atom stereocenters. The van der Waals surface area contributed by atoms with Gasteiger partial charge in [-0.1, -0.05) is 29.3 Å². The highest BCUT2D eigenvalue weighted by Gasteiger charge is 2.20. The van der Waals surface area contributed by atoms with Crippen LogP contribution in [-0.4, -0.2) is 21.6 Å². The maximum Gasteiger partial charge on any atom is 0.263 e. The molecule has 0 spiro atoms. The fourth-order valence-electron chi connectivity index (χ4n) is 2.02. The highest BCUT2D eigenvalue weighted by molar-refractivity contribution is 7.92. The summed E-state index contributed by atoms with van der Waals surface area (Å²) in [6.07, 6.45) is 0. The van der Waals surface area contributed by atoms with Gasteiger partial charge in [0.05, 0.1) is 28.9 Å². The van der Waals surface area contributed by atoms with Crippen LogP contribution in [0.2, 0.25) is 10.0 Å². The van der Waals surface area contributed by atoms with E-state index < -0.39 is 10.0 Å². The lowest BCUT2D eigenvalue weighted by atomic mass is 10.3. The molecule has 2 aromatic carbocycles. The first-order valence-corrected chi connectivity index (χ1v) is 9.49. The van der Waals surface area contributed by atoms with Gasteiger partial charge in [-0.2, -0.15) is 0 Å². The zero-order valence-corrected chi connectivity index (χ0v) is 15.5. The number of rotatable bonds is 7. The lowest BCUT2D eigenvalue weighted by molar-refractivity contribution is 0.288. The molecule has 2 rings (SSSR count). The number of ether oxygens (including phenoxy) is 2. The Labute approximate surface area is 151 Å². The van der Waals surface area contributed by atoms with E-state index in [4.69, 9.17) is 32.7 Å². The van der Waals surface area contributed by atoms with Crippen molar-refractivity contribution in [3.8, 4) is 11.5 Å². The highest BCUT2D eigenvalue weighted by atomic mass is 35.5. The van der Waals surface area contributed by atoms with Crippen LogP contribution in [-0.2, 0) is 10.0 Å². The summed E-state index contributed by atoms with van der Waals surface area (Å²) in [5.74, 6) is 1.000. The molecule has 0 heterocycles. The predicted octanol–water partition coefficient (Wildman–Crippen LogP) is 4.59. The Hall–Kier alpha value is -1.63. The zero-order valence-electron chi connectivity index (χ0n) is 13.2. The third-order valence-corrected chi connectivity index (χ3v) is 5.36. The lowest BCUT2D eigenvalue weighted by Crippen LogP contribution is -2.13. The average Bonchev–Trinajstić information content (AvgIpc) is 2.52. The first-order chi connectivity index (χ1) is 11.4. The molecular weight excluding hydrogens is 373 g/mol. The Kier molecular flexibility index (Phi) is 6.21. The first kappa shape index (κ1) is 18.7. The minimum absolute atomic E-state index is 0.0253. The van der Waals surface area contributed by atoms with Crippen molar-refractivity contribution in [2.24, 2.45) is 0 Å². The summed E-state index contributed by atoms with van der Waals surface area (Å²) >= 11 is 11.9. The van der Waals surface area contributed by atoms with Gasteiger partial charge in [-0.3, -0.25) is 4.72 Å². The number of hydrogen-bond donors (Lipinski definition) is 1. The molecule has 24 heavy (non-hydrogen) atoms. The number of benzene rings is 2. The normalized spacial score (nSPS) is 11.2. The summed E-state index contributed by atoms with van der Waals surface area (Å²) < 4.78 is 38.5. The second-order valence-corrected chi connectivity index (χ2v) is 7.12. The van der Waals surface area contributed by atoms with Gasteiger partial charge in [-0.25, -0.2) is 8.42 Å². The van der Waals surface area contributed by atoms with Crippen LogP contribution in [0, 0.1) is 0 Å². The molecular formula is C16H17Cl2NO4S. The van der Waals surface area contributed by atoms with E-state index >= 15 is 0 Å². The second kappa shape index (κ2) is 7.96. The van der Waals surface area contributed by atoms with Crippen LogP contribution in [0.25, 0.3) is 0 Å². The third-order valence-electron chi connectivity index (χ3n) is 3.00. The average molecular weight is 390 g/mol. The van der Waals surface area contributed by atoms with Crippen LogP contribution >= 0.6 is 23.2 Å². The van der Waals surface area contributed by atoms with Gasteiger partial charge < -0.3 is 9.47 Å². The molecule has 1 N–H and O–H groups in total. The molecule has 8 heteroatoms. The van der Waals surface area contributed by atoms with E-state index in [1.165, 1.54) is 18.2 Å². The van der Waals surface area contributed by atoms with Crippen LogP contribution < -0.4 is 14.2 Å². The minimum Gasteiger partial charge on any atom is -0.490 e. The van der Waals surface area contributed by atoms with Crippen LogP contribution in [0.15, 0.2) is 41.3 Å². The molecule has 5 nitrogen and oxygen atoms in total. The third kappa shape index (κ3) is 4.26. The Bertz CT molecular complexity index is 825. The number of anilines is 1. The smallest absolute Gasteiger partial charge is 0.263 e. The molecule has 0 aliphatic rings. The van der Waals surface area contributed by atoms with Gasteiger partial charge in [0.1, 0.15) is 4.90 Å². The number of halogens is 2. The van der Waals surface area contributed by atoms with Gasteiger partial charge in [0.25, 0.3) is 10.0 Å². The predicted molar refractivity (Wildman–Crippen MR) is 96.1 cm³/mol. The topological polar surface area (TPSA) is 64.6 Å². The molecule has 2 aromatic rings. The maximum absolute atomic E-state index is 12.5. The molecule has 0 saturated heterocycles. The monoisotopic (exact) mass is 389 g/mol. The molecule has 0 fully saturated rings. The van der Waals surface area contributed by atoms with Crippen molar-refractivity contribution in [2.45, 2.75) is 18.7 Å². The van der Waals surface area contributed by atoms with E-state index in [0.717, 1.165) is 0 Å². The van der Waals surface area contributed by atoms with E-state index in [2.05, 4.69) is 4.72 Å². The molecule has 0 bridgehead atoms. The second-order valence-electron chi connectivity index (χ2n) is 4.68. The van der Waals surface area contributed by atoms with Gasteiger partial charge in [0, 0.05) is 6.07 Å². The summed E-state index contributed by atoms with van der Waals surface area (Å²) in [5, 5.41) is 0.142. The summed E-state index contributed by atoms with van der Waals surface area (Å²) in [5.41, 5.74) is 0.331. The first-order valence-electron chi connectivity index (χ1n) is 7.25.